The number of H-pyrrole nitrogens is 2. The van der Waals surface area contributed by atoms with Crippen LogP contribution in [-0.2, 0) is 4.74 Å². The first-order valence-corrected chi connectivity index (χ1v) is 6.23. The Morgan fingerprint density at radius 2 is 2.10 bits per heavy atom. The normalized spacial score (nSPS) is 11.0. The summed E-state index contributed by atoms with van der Waals surface area (Å²) in [6.45, 7) is 0. The Hall–Kier alpha value is -2.67. The number of carbonyl (C=O) groups excluding carboxylic acids is 1. The quantitative estimate of drug-likeness (QED) is 0.657. The minimum atomic E-state index is -0.800. The highest BCUT2D eigenvalue weighted by Gasteiger charge is 2.19. The van der Waals surface area contributed by atoms with E-state index in [2.05, 4.69) is 19.9 Å². The van der Waals surface area contributed by atoms with E-state index >= 15 is 0 Å². The SMILES string of the molecule is COC(=O)c1n[nH]c2c(=O)[nH]c3cc(Cl)ccc3c(=O)c12. The number of fused-ring (bicyclic) bond motifs is 2. The van der Waals surface area contributed by atoms with Crippen LogP contribution in [-0.4, -0.2) is 28.3 Å². The molecule has 21 heavy (non-hydrogen) atoms. The third-order valence-electron chi connectivity index (χ3n) is 3.07. The van der Waals surface area contributed by atoms with Crippen molar-refractivity contribution in [1.82, 2.24) is 15.2 Å². The molecule has 2 N–H and O–H groups in total. The van der Waals surface area contributed by atoms with E-state index in [0.29, 0.717) is 5.02 Å². The fourth-order valence-corrected chi connectivity index (χ4v) is 2.28. The average molecular weight is 306 g/mol. The summed E-state index contributed by atoms with van der Waals surface area (Å²) >= 11 is 5.86. The molecule has 2 aromatic heterocycles. The van der Waals surface area contributed by atoms with E-state index in [1.165, 1.54) is 25.3 Å². The lowest BCUT2D eigenvalue weighted by molar-refractivity contribution is 0.0596. The standard InChI is InChI=1S/C13H8ClN3O4/c1-21-13(20)10-8-9(16-17-10)12(19)15-7-4-5(14)2-3-6(7)11(8)18/h2-4H,1H3,(H,15,19)(H,16,17). The monoisotopic (exact) mass is 305 g/mol. The molecular formula is C13H8ClN3O4. The molecule has 0 unspecified atom stereocenters. The number of ether oxygens (including phenoxy) is 1. The van der Waals surface area contributed by atoms with Gasteiger partial charge in [-0.1, -0.05) is 11.6 Å². The number of esters is 1. The Kier molecular flexibility index (Phi) is 2.99. The van der Waals surface area contributed by atoms with E-state index in [0.717, 1.165) is 0 Å². The van der Waals surface area contributed by atoms with Crippen molar-refractivity contribution >= 4 is 39.4 Å². The first-order valence-electron chi connectivity index (χ1n) is 5.85. The zero-order valence-corrected chi connectivity index (χ0v) is 11.4. The van der Waals surface area contributed by atoms with Gasteiger partial charge in [0.25, 0.3) is 5.56 Å². The predicted molar refractivity (Wildman–Crippen MR) is 76.8 cm³/mol. The summed E-state index contributed by atoms with van der Waals surface area (Å²) in [5.41, 5.74) is -1.13. The number of nitrogens with one attached hydrogen (secondary N) is 2. The van der Waals surface area contributed by atoms with Gasteiger partial charge in [0.1, 0.15) is 5.52 Å². The van der Waals surface area contributed by atoms with E-state index in [1.807, 2.05) is 0 Å². The molecular weight excluding hydrogens is 298 g/mol. The van der Waals surface area contributed by atoms with Crippen LogP contribution in [0.3, 0.4) is 0 Å². The molecule has 2 heterocycles. The summed E-state index contributed by atoms with van der Waals surface area (Å²) in [5.74, 6) is -0.800. The molecule has 3 aromatic rings. The van der Waals surface area contributed by atoms with Crippen molar-refractivity contribution in [3.63, 3.8) is 0 Å². The van der Waals surface area contributed by atoms with Crippen molar-refractivity contribution in [2.24, 2.45) is 0 Å². The summed E-state index contributed by atoms with van der Waals surface area (Å²) in [4.78, 5) is 38.9. The second kappa shape index (κ2) is 4.71. The van der Waals surface area contributed by atoms with Gasteiger partial charge in [0, 0.05) is 10.4 Å². The molecule has 0 spiro atoms. The number of methoxy groups -OCH3 is 1. The van der Waals surface area contributed by atoms with Crippen LogP contribution in [0.4, 0.5) is 0 Å². The lowest BCUT2D eigenvalue weighted by Gasteiger charge is -1.94. The Morgan fingerprint density at radius 1 is 1.33 bits per heavy atom. The molecule has 7 nitrogen and oxygen atoms in total. The van der Waals surface area contributed by atoms with Crippen LogP contribution >= 0.6 is 11.6 Å². The maximum atomic E-state index is 12.6. The molecule has 3 rings (SSSR count). The Bertz CT molecular complexity index is 1010. The van der Waals surface area contributed by atoms with Crippen LogP contribution in [0.5, 0.6) is 0 Å². The van der Waals surface area contributed by atoms with Crippen molar-refractivity contribution < 1.29 is 9.53 Å². The lowest BCUT2D eigenvalue weighted by Crippen LogP contribution is -2.08. The van der Waals surface area contributed by atoms with Gasteiger partial charge in [0.15, 0.2) is 11.1 Å². The number of aromatic amines is 2. The minimum absolute atomic E-state index is 0.0901. The van der Waals surface area contributed by atoms with Gasteiger partial charge in [-0.05, 0) is 18.2 Å². The predicted octanol–water partition coefficient (Wildman–Crippen LogP) is 1.20. The molecule has 1 aromatic carbocycles. The molecule has 0 aliphatic heterocycles. The zero-order valence-electron chi connectivity index (χ0n) is 10.7. The molecule has 0 aliphatic carbocycles. The first kappa shape index (κ1) is 13.3. The van der Waals surface area contributed by atoms with Gasteiger partial charge in [-0.2, -0.15) is 5.10 Å². The second-order valence-corrected chi connectivity index (χ2v) is 4.72. The van der Waals surface area contributed by atoms with Gasteiger partial charge in [-0.15, -0.1) is 0 Å². The largest absolute Gasteiger partial charge is 0.464 e. The van der Waals surface area contributed by atoms with Crippen LogP contribution in [0.2, 0.25) is 5.02 Å². The number of carbonyl (C=O) groups is 1. The number of aromatic nitrogens is 3. The topological polar surface area (TPSA) is 105 Å². The van der Waals surface area contributed by atoms with Gasteiger partial charge in [-0.25, -0.2) is 4.79 Å². The van der Waals surface area contributed by atoms with Gasteiger partial charge < -0.3 is 9.72 Å². The molecule has 0 saturated carbocycles. The van der Waals surface area contributed by atoms with E-state index in [4.69, 9.17) is 11.6 Å². The van der Waals surface area contributed by atoms with Gasteiger partial charge in [-0.3, -0.25) is 14.7 Å². The zero-order chi connectivity index (χ0) is 15.1. The highest BCUT2D eigenvalue weighted by atomic mass is 35.5. The molecule has 0 aliphatic rings. The maximum absolute atomic E-state index is 12.6. The first-order chi connectivity index (χ1) is 10.0. The maximum Gasteiger partial charge on any atom is 0.359 e. The van der Waals surface area contributed by atoms with E-state index in [9.17, 15) is 14.4 Å². The number of halogens is 1. The lowest BCUT2D eigenvalue weighted by atomic mass is 10.2. The van der Waals surface area contributed by atoms with Crippen molar-refractivity contribution in [2.45, 2.75) is 0 Å². The van der Waals surface area contributed by atoms with Crippen LogP contribution < -0.4 is 11.0 Å². The van der Waals surface area contributed by atoms with Gasteiger partial charge in [0.05, 0.1) is 18.0 Å². The minimum Gasteiger partial charge on any atom is -0.464 e. The van der Waals surface area contributed by atoms with Crippen molar-refractivity contribution in [2.75, 3.05) is 7.11 Å². The van der Waals surface area contributed by atoms with Crippen molar-refractivity contribution in [1.29, 1.82) is 0 Å². The number of rotatable bonds is 1. The smallest absolute Gasteiger partial charge is 0.359 e. The van der Waals surface area contributed by atoms with Gasteiger partial charge >= 0.3 is 5.97 Å². The Morgan fingerprint density at radius 3 is 2.81 bits per heavy atom. The highest BCUT2D eigenvalue weighted by molar-refractivity contribution is 6.31. The fourth-order valence-electron chi connectivity index (χ4n) is 2.11. The summed E-state index contributed by atoms with van der Waals surface area (Å²) in [6.07, 6.45) is 0. The summed E-state index contributed by atoms with van der Waals surface area (Å²) in [5, 5.41) is 6.57. The third-order valence-corrected chi connectivity index (χ3v) is 3.31. The summed E-state index contributed by atoms with van der Waals surface area (Å²) < 4.78 is 4.57. The molecule has 0 fully saturated rings. The van der Waals surface area contributed by atoms with Crippen LogP contribution in [0.1, 0.15) is 10.5 Å². The summed E-state index contributed by atoms with van der Waals surface area (Å²) in [6, 6.07) is 4.46. The average Bonchev–Trinajstić information content (AvgIpc) is 2.87. The molecule has 0 amide bonds. The van der Waals surface area contributed by atoms with Crippen LogP contribution in [0.15, 0.2) is 27.8 Å². The van der Waals surface area contributed by atoms with Crippen molar-refractivity contribution in [3.05, 3.63) is 49.5 Å². The molecule has 0 bridgehead atoms. The third kappa shape index (κ3) is 1.98. The number of benzene rings is 1. The Labute approximate surface area is 121 Å². The fraction of sp³-hybridized carbons (Fsp3) is 0.0769. The van der Waals surface area contributed by atoms with Gasteiger partial charge in [0.2, 0.25) is 0 Å². The molecule has 106 valence electrons. The van der Waals surface area contributed by atoms with Crippen LogP contribution in [0, 0.1) is 0 Å². The van der Waals surface area contributed by atoms with E-state index in [1.54, 1.807) is 0 Å². The van der Waals surface area contributed by atoms with Crippen LogP contribution in [0.25, 0.3) is 21.8 Å². The number of hydrogen-bond acceptors (Lipinski definition) is 5. The highest BCUT2D eigenvalue weighted by Crippen LogP contribution is 2.16. The van der Waals surface area contributed by atoms with E-state index < -0.39 is 17.0 Å². The summed E-state index contributed by atoms with van der Waals surface area (Å²) in [7, 11) is 1.17. The molecule has 0 atom stereocenters. The number of nitrogens with zero attached hydrogens (tertiary/aromatic N) is 1. The van der Waals surface area contributed by atoms with Crippen molar-refractivity contribution in [3.8, 4) is 0 Å². The Balaban J connectivity index is 2.62. The molecule has 0 radical (unpaired) electrons. The second-order valence-electron chi connectivity index (χ2n) is 4.29. The molecule has 0 saturated heterocycles. The number of hydrogen-bond donors (Lipinski definition) is 2. The molecule has 8 heteroatoms. The van der Waals surface area contributed by atoms with E-state index in [-0.39, 0.29) is 27.5 Å².